The van der Waals surface area contributed by atoms with Crippen LogP contribution in [0.2, 0.25) is 0 Å². The number of hydrogen-bond acceptors (Lipinski definition) is 4. The number of ether oxygens (including phenoxy) is 2. The number of piperazine rings is 1. The van der Waals surface area contributed by atoms with Gasteiger partial charge in [0, 0.05) is 26.2 Å². The molecule has 1 aromatic rings. The summed E-state index contributed by atoms with van der Waals surface area (Å²) in [6, 6.07) is 6.30. The lowest BCUT2D eigenvalue weighted by Gasteiger charge is -2.36. The number of aliphatic imine (C=N–C) groups is 1. The standard InChI is InChI=1S/C19H27F3N4O3/c1-18(2,3)29-17(27)26-9-7-25(8-10-26)16(23)24-12-14-5-4-6-15(11-14)28-13-19(20,21)22/h4-6,11H,7-10,12-13H2,1-3H3,(H2,23,24). The number of hydrogen-bond donors (Lipinski definition) is 1. The van der Waals surface area contributed by atoms with Crippen molar-refractivity contribution in [3.63, 3.8) is 0 Å². The van der Waals surface area contributed by atoms with E-state index in [-0.39, 0.29) is 18.4 Å². The first-order chi connectivity index (χ1) is 13.4. The highest BCUT2D eigenvalue weighted by atomic mass is 19.4. The van der Waals surface area contributed by atoms with Gasteiger partial charge >= 0.3 is 12.3 Å². The first kappa shape index (κ1) is 22.6. The highest BCUT2D eigenvalue weighted by Crippen LogP contribution is 2.20. The Hall–Kier alpha value is -2.65. The van der Waals surface area contributed by atoms with E-state index >= 15 is 0 Å². The Morgan fingerprint density at radius 1 is 1.14 bits per heavy atom. The molecule has 0 spiro atoms. The van der Waals surface area contributed by atoms with Crippen LogP contribution in [0.5, 0.6) is 5.75 Å². The number of carbonyl (C=O) groups excluding carboxylic acids is 1. The normalized spacial score (nSPS) is 16.0. The van der Waals surface area contributed by atoms with Gasteiger partial charge < -0.3 is 25.0 Å². The Morgan fingerprint density at radius 2 is 1.76 bits per heavy atom. The van der Waals surface area contributed by atoms with E-state index in [0.717, 1.165) is 0 Å². The summed E-state index contributed by atoms with van der Waals surface area (Å²) in [6.07, 6.45) is -4.75. The summed E-state index contributed by atoms with van der Waals surface area (Å²) in [7, 11) is 0. The first-order valence-electron chi connectivity index (χ1n) is 9.24. The number of benzene rings is 1. The minimum Gasteiger partial charge on any atom is -0.484 e. The molecule has 0 aliphatic carbocycles. The van der Waals surface area contributed by atoms with Crippen LogP contribution in [0.1, 0.15) is 26.3 Å². The largest absolute Gasteiger partial charge is 0.484 e. The third-order valence-corrected chi connectivity index (χ3v) is 3.98. The van der Waals surface area contributed by atoms with Gasteiger partial charge in [-0.1, -0.05) is 12.1 Å². The van der Waals surface area contributed by atoms with Gasteiger partial charge in [-0.3, -0.25) is 0 Å². The molecule has 0 unspecified atom stereocenters. The third kappa shape index (κ3) is 8.08. The van der Waals surface area contributed by atoms with E-state index in [0.29, 0.717) is 37.7 Å². The molecular weight excluding hydrogens is 389 g/mol. The van der Waals surface area contributed by atoms with Crippen molar-refractivity contribution >= 4 is 12.1 Å². The van der Waals surface area contributed by atoms with Crippen molar-refractivity contribution in [2.24, 2.45) is 10.7 Å². The number of nitrogens with two attached hydrogens (primary N) is 1. The predicted molar refractivity (Wildman–Crippen MR) is 103 cm³/mol. The molecule has 10 heteroatoms. The fourth-order valence-electron chi connectivity index (χ4n) is 2.62. The second kappa shape index (κ2) is 9.23. The first-order valence-corrected chi connectivity index (χ1v) is 9.24. The number of halogens is 3. The molecule has 2 N–H and O–H groups in total. The van der Waals surface area contributed by atoms with Gasteiger partial charge in [0.15, 0.2) is 12.6 Å². The van der Waals surface area contributed by atoms with Gasteiger partial charge in [-0.05, 0) is 38.5 Å². The summed E-state index contributed by atoms with van der Waals surface area (Å²) >= 11 is 0. The van der Waals surface area contributed by atoms with Crippen LogP contribution in [0, 0.1) is 0 Å². The Kier molecular flexibility index (Phi) is 7.21. The Bertz CT molecular complexity index is 724. The van der Waals surface area contributed by atoms with Crippen molar-refractivity contribution in [1.82, 2.24) is 9.80 Å². The van der Waals surface area contributed by atoms with Crippen LogP contribution in [-0.4, -0.2) is 66.4 Å². The molecule has 1 heterocycles. The molecule has 1 saturated heterocycles. The summed E-state index contributed by atoms with van der Waals surface area (Å²) in [4.78, 5) is 19.9. The van der Waals surface area contributed by atoms with Crippen LogP contribution < -0.4 is 10.5 Å². The maximum absolute atomic E-state index is 12.3. The lowest BCUT2D eigenvalue weighted by molar-refractivity contribution is -0.153. The predicted octanol–water partition coefficient (Wildman–Crippen LogP) is 3.00. The molecule has 2 rings (SSSR count). The van der Waals surface area contributed by atoms with Crippen LogP contribution in [0.25, 0.3) is 0 Å². The van der Waals surface area contributed by atoms with Gasteiger partial charge in [0.2, 0.25) is 0 Å². The average molecular weight is 416 g/mol. The van der Waals surface area contributed by atoms with Gasteiger partial charge in [-0.25, -0.2) is 9.79 Å². The highest BCUT2D eigenvalue weighted by Gasteiger charge is 2.28. The summed E-state index contributed by atoms with van der Waals surface area (Å²) in [5.41, 5.74) is 6.17. The number of carbonyl (C=O) groups is 1. The van der Waals surface area contributed by atoms with E-state index in [4.69, 9.17) is 15.2 Å². The third-order valence-electron chi connectivity index (χ3n) is 3.98. The molecule has 0 radical (unpaired) electrons. The molecule has 0 bridgehead atoms. The fraction of sp³-hybridized carbons (Fsp3) is 0.579. The molecule has 162 valence electrons. The van der Waals surface area contributed by atoms with Gasteiger partial charge in [-0.15, -0.1) is 0 Å². The number of guanidine groups is 1. The number of nitrogens with zero attached hydrogens (tertiary/aromatic N) is 3. The second-order valence-electron chi connectivity index (χ2n) is 7.68. The zero-order chi connectivity index (χ0) is 21.7. The monoisotopic (exact) mass is 416 g/mol. The molecular formula is C19H27F3N4O3. The summed E-state index contributed by atoms with van der Waals surface area (Å²) in [5, 5.41) is 0. The van der Waals surface area contributed by atoms with Gasteiger partial charge in [0.25, 0.3) is 0 Å². The minimum absolute atomic E-state index is 0.125. The lowest BCUT2D eigenvalue weighted by Crippen LogP contribution is -2.53. The van der Waals surface area contributed by atoms with E-state index < -0.39 is 18.4 Å². The minimum atomic E-state index is -4.39. The fourth-order valence-corrected chi connectivity index (χ4v) is 2.62. The smallest absolute Gasteiger partial charge is 0.422 e. The topological polar surface area (TPSA) is 80.4 Å². The number of alkyl halides is 3. The van der Waals surface area contributed by atoms with Crippen LogP contribution in [0.3, 0.4) is 0 Å². The molecule has 0 atom stereocenters. The van der Waals surface area contributed by atoms with Crippen LogP contribution in [-0.2, 0) is 11.3 Å². The second-order valence-corrected chi connectivity index (χ2v) is 7.68. The zero-order valence-corrected chi connectivity index (χ0v) is 16.8. The van der Waals surface area contributed by atoms with E-state index in [1.807, 2.05) is 25.7 Å². The van der Waals surface area contributed by atoms with Gasteiger partial charge in [-0.2, -0.15) is 13.2 Å². The maximum Gasteiger partial charge on any atom is 0.422 e. The number of amides is 1. The summed E-state index contributed by atoms with van der Waals surface area (Å²) in [5.74, 6) is 0.440. The molecule has 29 heavy (non-hydrogen) atoms. The van der Waals surface area contributed by atoms with Crippen LogP contribution >= 0.6 is 0 Å². The van der Waals surface area contributed by atoms with Gasteiger partial charge in [0.05, 0.1) is 6.54 Å². The molecule has 1 aliphatic heterocycles. The summed E-state index contributed by atoms with van der Waals surface area (Å²) < 4.78 is 46.9. The van der Waals surface area contributed by atoms with Gasteiger partial charge in [0.1, 0.15) is 11.4 Å². The molecule has 0 saturated carbocycles. The molecule has 1 aliphatic rings. The van der Waals surface area contributed by atoms with Crippen molar-refractivity contribution in [3.8, 4) is 5.75 Å². The Balaban J connectivity index is 1.86. The lowest BCUT2D eigenvalue weighted by atomic mass is 10.2. The Morgan fingerprint density at radius 3 is 2.34 bits per heavy atom. The van der Waals surface area contributed by atoms with Crippen molar-refractivity contribution in [1.29, 1.82) is 0 Å². The van der Waals surface area contributed by atoms with Crippen molar-refractivity contribution in [2.75, 3.05) is 32.8 Å². The molecule has 7 nitrogen and oxygen atoms in total. The Labute approximate surface area is 168 Å². The van der Waals surface area contributed by atoms with Crippen LogP contribution in [0.4, 0.5) is 18.0 Å². The zero-order valence-electron chi connectivity index (χ0n) is 16.8. The quantitative estimate of drug-likeness (QED) is 0.603. The molecule has 1 fully saturated rings. The van der Waals surface area contributed by atoms with Crippen LogP contribution in [0.15, 0.2) is 29.3 Å². The molecule has 1 amide bonds. The van der Waals surface area contributed by atoms with Crippen molar-refractivity contribution < 1.29 is 27.4 Å². The SMILES string of the molecule is CC(C)(C)OC(=O)N1CCN(C(N)=NCc2cccc(OCC(F)(F)F)c2)CC1. The maximum atomic E-state index is 12.3. The summed E-state index contributed by atoms with van der Waals surface area (Å²) in [6.45, 7) is 6.27. The van der Waals surface area contributed by atoms with E-state index in [1.54, 1.807) is 17.0 Å². The van der Waals surface area contributed by atoms with Crippen molar-refractivity contribution in [3.05, 3.63) is 29.8 Å². The highest BCUT2D eigenvalue weighted by molar-refractivity contribution is 5.78. The number of rotatable bonds is 4. The van der Waals surface area contributed by atoms with Crippen molar-refractivity contribution in [2.45, 2.75) is 39.1 Å². The van der Waals surface area contributed by atoms with E-state index in [2.05, 4.69) is 4.99 Å². The molecule has 0 aromatic heterocycles. The average Bonchev–Trinajstić information content (AvgIpc) is 2.63. The van der Waals surface area contributed by atoms with E-state index in [9.17, 15) is 18.0 Å². The molecule has 1 aromatic carbocycles. The van der Waals surface area contributed by atoms with E-state index in [1.165, 1.54) is 12.1 Å².